The minimum Gasteiger partial charge on any atom is -0.367 e. The van der Waals surface area contributed by atoms with Gasteiger partial charge in [0.1, 0.15) is 0 Å². The molecule has 0 atom stereocenters. The molecule has 2 nitrogen and oxygen atoms in total. The van der Waals surface area contributed by atoms with E-state index in [1.807, 2.05) is 6.20 Å². The topological polar surface area (TPSA) is 16.1 Å². The van der Waals surface area contributed by atoms with Crippen LogP contribution in [-0.4, -0.2) is 11.5 Å². The number of rotatable bonds is 2. The van der Waals surface area contributed by atoms with Crippen LogP contribution in [0.5, 0.6) is 0 Å². The van der Waals surface area contributed by atoms with Gasteiger partial charge in [-0.1, -0.05) is 24.3 Å². The molecule has 1 aromatic heterocycles. The Kier molecular flexibility index (Phi) is 3.69. The molecule has 1 aromatic carbocycles. The zero-order valence-corrected chi connectivity index (χ0v) is 11.6. The lowest BCUT2D eigenvalue weighted by atomic mass is 10.0. The highest BCUT2D eigenvalue weighted by atomic mass is 35.5. The van der Waals surface area contributed by atoms with Gasteiger partial charge in [-0.25, -0.2) is 0 Å². The summed E-state index contributed by atoms with van der Waals surface area (Å²) in [5, 5.41) is 0. The van der Waals surface area contributed by atoms with Crippen molar-refractivity contribution in [3.63, 3.8) is 0 Å². The maximum atomic E-state index is 5.87. The summed E-state index contributed by atoms with van der Waals surface area (Å²) in [6.45, 7) is 2.06. The first-order valence-corrected chi connectivity index (χ1v) is 7.23. The van der Waals surface area contributed by atoms with Crippen LogP contribution in [0.2, 0.25) is 0 Å². The minimum absolute atomic E-state index is 0.471. The smallest absolute Gasteiger partial charge is 0.0648 e. The fourth-order valence-electron chi connectivity index (χ4n) is 2.66. The van der Waals surface area contributed by atoms with E-state index in [1.165, 1.54) is 29.7 Å². The molecule has 98 valence electrons. The van der Waals surface area contributed by atoms with Crippen molar-refractivity contribution in [2.45, 2.75) is 25.3 Å². The van der Waals surface area contributed by atoms with Crippen LogP contribution in [0.3, 0.4) is 0 Å². The van der Waals surface area contributed by atoms with E-state index in [1.54, 1.807) is 0 Å². The molecular weight excluding hydrogens is 256 g/mol. The number of fused-ring (bicyclic) bond motifs is 1. The lowest BCUT2D eigenvalue weighted by Gasteiger charge is -2.23. The molecule has 0 N–H and O–H groups in total. The van der Waals surface area contributed by atoms with E-state index in [-0.39, 0.29) is 0 Å². The molecule has 2 aromatic rings. The van der Waals surface area contributed by atoms with E-state index in [0.717, 1.165) is 18.8 Å². The van der Waals surface area contributed by atoms with Crippen molar-refractivity contribution < 1.29 is 0 Å². The summed E-state index contributed by atoms with van der Waals surface area (Å²) in [6, 6.07) is 12.9. The highest BCUT2D eigenvalue weighted by molar-refractivity contribution is 6.16. The number of hydrogen-bond acceptors (Lipinski definition) is 2. The molecule has 0 saturated carbocycles. The van der Waals surface area contributed by atoms with E-state index in [4.69, 9.17) is 11.6 Å². The van der Waals surface area contributed by atoms with Crippen LogP contribution in [0, 0.1) is 0 Å². The van der Waals surface area contributed by atoms with Gasteiger partial charge >= 0.3 is 0 Å². The summed E-state index contributed by atoms with van der Waals surface area (Å²) in [6.07, 6.45) is 4.21. The van der Waals surface area contributed by atoms with Gasteiger partial charge in [-0.15, -0.1) is 11.6 Å². The number of hydrogen-bond donors (Lipinski definition) is 0. The number of pyridine rings is 1. The third-order valence-corrected chi connectivity index (χ3v) is 3.93. The number of benzene rings is 1. The fourth-order valence-corrected chi connectivity index (χ4v) is 2.80. The number of nitrogens with zero attached hydrogens (tertiary/aromatic N) is 2. The molecule has 0 fully saturated rings. The fraction of sp³-hybridized carbons (Fsp3) is 0.312. The molecule has 0 unspecified atom stereocenters. The molecule has 0 amide bonds. The monoisotopic (exact) mass is 272 g/mol. The minimum atomic E-state index is 0.471. The Morgan fingerprint density at radius 1 is 1.16 bits per heavy atom. The largest absolute Gasteiger partial charge is 0.367 e. The van der Waals surface area contributed by atoms with Crippen molar-refractivity contribution in [2.24, 2.45) is 0 Å². The van der Waals surface area contributed by atoms with Gasteiger partial charge in [0, 0.05) is 25.0 Å². The SMILES string of the molecule is ClCc1cc(N2CCCc3ccccc3C2)ccn1. The van der Waals surface area contributed by atoms with E-state index in [2.05, 4.69) is 46.3 Å². The Morgan fingerprint density at radius 3 is 2.84 bits per heavy atom. The first-order valence-electron chi connectivity index (χ1n) is 6.69. The van der Waals surface area contributed by atoms with Crippen molar-refractivity contribution in [1.82, 2.24) is 4.98 Å². The van der Waals surface area contributed by atoms with Gasteiger partial charge in [-0.3, -0.25) is 4.98 Å². The molecule has 1 aliphatic rings. The molecule has 3 heteroatoms. The average molecular weight is 273 g/mol. The van der Waals surface area contributed by atoms with E-state index in [0.29, 0.717) is 5.88 Å². The van der Waals surface area contributed by atoms with E-state index >= 15 is 0 Å². The zero-order valence-electron chi connectivity index (χ0n) is 10.8. The lowest BCUT2D eigenvalue weighted by Crippen LogP contribution is -2.22. The molecule has 2 heterocycles. The molecular formula is C16H17ClN2. The van der Waals surface area contributed by atoms with Gasteiger partial charge in [-0.2, -0.15) is 0 Å². The Hall–Kier alpha value is -1.54. The maximum Gasteiger partial charge on any atom is 0.0648 e. The van der Waals surface area contributed by atoms with Gasteiger partial charge in [0.2, 0.25) is 0 Å². The number of alkyl halides is 1. The van der Waals surface area contributed by atoms with Crippen molar-refractivity contribution in [1.29, 1.82) is 0 Å². The second-order valence-electron chi connectivity index (χ2n) is 4.93. The highest BCUT2D eigenvalue weighted by Gasteiger charge is 2.14. The Labute approximate surface area is 119 Å². The van der Waals surface area contributed by atoms with Crippen molar-refractivity contribution >= 4 is 17.3 Å². The summed E-state index contributed by atoms with van der Waals surface area (Å²) >= 11 is 5.87. The van der Waals surface area contributed by atoms with Gasteiger partial charge in [0.05, 0.1) is 11.6 Å². The summed E-state index contributed by atoms with van der Waals surface area (Å²) in [5.74, 6) is 0.471. The van der Waals surface area contributed by atoms with Gasteiger partial charge in [0.15, 0.2) is 0 Å². The summed E-state index contributed by atoms with van der Waals surface area (Å²) < 4.78 is 0. The first kappa shape index (κ1) is 12.5. The van der Waals surface area contributed by atoms with Crippen molar-refractivity contribution in [3.8, 4) is 0 Å². The number of anilines is 1. The zero-order chi connectivity index (χ0) is 13.1. The van der Waals surface area contributed by atoms with Crippen molar-refractivity contribution in [2.75, 3.05) is 11.4 Å². The third kappa shape index (κ3) is 2.74. The van der Waals surface area contributed by atoms with Crippen LogP contribution < -0.4 is 4.90 Å². The quantitative estimate of drug-likeness (QED) is 0.774. The van der Waals surface area contributed by atoms with E-state index < -0.39 is 0 Å². The molecule has 0 radical (unpaired) electrons. The Bertz CT molecular complexity index is 568. The standard InChI is InChI=1S/C16H17ClN2/c17-11-15-10-16(7-8-18-15)19-9-3-6-13-4-1-2-5-14(13)12-19/h1-2,4-5,7-8,10H,3,6,9,11-12H2. The second-order valence-corrected chi connectivity index (χ2v) is 5.20. The van der Waals surface area contributed by atoms with E-state index in [9.17, 15) is 0 Å². The average Bonchev–Trinajstić information content (AvgIpc) is 2.69. The number of halogens is 1. The predicted molar refractivity (Wildman–Crippen MR) is 79.6 cm³/mol. The molecule has 0 bridgehead atoms. The molecule has 3 rings (SSSR count). The van der Waals surface area contributed by atoms with Gasteiger partial charge < -0.3 is 4.90 Å². The Balaban J connectivity index is 1.89. The van der Waals surface area contributed by atoms with Crippen LogP contribution in [0.25, 0.3) is 0 Å². The second kappa shape index (κ2) is 5.62. The van der Waals surface area contributed by atoms with Gasteiger partial charge in [0.25, 0.3) is 0 Å². The third-order valence-electron chi connectivity index (χ3n) is 3.66. The summed E-state index contributed by atoms with van der Waals surface area (Å²) in [4.78, 5) is 6.68. The molecule has 0 saturated heterocycles. The van der Waals surface area contributed by atoms with Gasteiger partial charge in [-0.05, 0) is 36.1 Å². The Morgan fingerprint density at radius 2 is 2.00 bits per heavy atom. The predicted octanol–water partition coefficient (Wildman–Crippen LogP) is 3.77. The number of aryl methyl sites for hydroxylation is 1. The summed E-state index contributed by atoms with van der Waals surface area (Å²) in [5.41, 5.74) is 5.08. The molecule has 19 heavy (non-hydrogen) atoms. The molecule has 0 spiro atoms. The molecule has 0 aliphatic carbocycles. The van der Waals surface area contributed by atoms with Crippen LogP contribution in [0.1, 0.15) is 23.2 Å². The van der Waals surface area contributed by atoms with Crippen LogP contribution in [0.15, 0.2) is 42.6 Å². The lowest BCUT2D eigenvalue weighted by molar-refractivity contribution is 0.764. The van der Waals surface area contributed by atoms with Crippen molar-refractivity contribution in [3.05, 3.63) is 59.4 Å². The normalized spacial score (nSPS) is 14.9. The maximum absolute atomic E-state index is 5.87. The van der Waals surface area contributed by atoms with Crippen LogP contribution in [-0.2, 0) is 18.8 Å². The van der Waals surface area contributed by atoms with Crippen LogP contribution >= 0.6 is 11.6 Å². The molecule has 1 aliphatic heterocycles. The highest BCUT2D eigenvalue weighted by Crippen LogP contribution is 2.24. The van der Waals surface area contributed by atoms with Crippen LogP contribution in [0.4, 0.5) is 5.69 Å². The number of aromatic nitrogens is 1. The summed E-state index contributed by atoms with van der Waals surface area (Å²) in [7, 11) is 0. The first-order chi connectivity index (χ1) is 9.36.